The van der Waals surface area contributed by atoms with Crippen molar-refractivity contribution < 1.29 is 14.6 Å². The summed E-state index contributed by atoms with van der Waals surface area (Å²) < 4.78 is 4.81. The summed E-state index contributed by atoms with van der Waals surface area (Å²) in [6.07, 6.45) is 1.16. The first-order chi connectivity index (χ1) is 5.65. The predicted molar refractivity (Wildman–Crippen MR) is 40.3 cm³/mol. The highest BCUT2D eigenvalue weighted by Crippen LogP contribution is 2.09. The lowest BCUT2D eigenvalue weighted by Gasteiger charge is -2.01. The van der Waals surface area contributed by atoms with Gasteiger partial charge in [-0.25, -0.2) is 14.8 Å². The Hall–Kier alpha value is -1.65. The summed E-state index contributed by atoms with van der Waals surface area (Å²) in [5, 5.41) is 8.53. The van der Waals surface area contributed by atoms with Gasteiger partial charge in [-0.1, -0.05) is 0 Å². The molecular weight excluding hydrogens is 160 g/mol. The lowest BCUT2D eigenvalue weighted by Crippen LogP contribution is -2.04. The lowest BCUT2D eigenvalue weighted by atomic mass is 10.4. The predicted octanol–water partition coefficient (Wildman–Crippen LogP) is 0.492. The first-order valence-electron chi connectivity index (χ1n) is 3.26. The van der Waals surface area contributed by atoms with E-state index in [1.165, 1.54) is 7.11 Å². The van der Waals surface area contributed by atoms with Gasteiger partial charge in [-0.05, 0) is 6.92 Å². The van der Waals surface area contributed by atoms with Crippen LogP contribution in [0.4, 0.5) is 0 Å². The molecule has 0 aromatic carbocycles. The van der Waals surface area contributed by atoms with Crippen LogP contribution in [0, 0.1) is 6.92 Å². The number of nitrogens with zero attached hydrogens (tertiary/aromatic N) is 2. The summed E-state index contributed by atoms with van der Waals surface area (Å²) in [6.45, 7) is 1.64. The summed E-state index contributed by atoms with van der Waals surface area (Å²) in [5.41, 5.74) is 0.394. The van der Waals surface area contributed by atoms with Gasteiger partial charge in [0.05, 0.1) is 13.3 Å². The van der Waals surface area contributed by atoms with E-state index in [1.54, 1.807) is 6.92 Å². The number of carboxylic acid groups (broad SMARTS) is 1. The number of hydrogen-bond donors (Lipinski definition) is 1. The fourth-order valence-electron chi connectivity index (χ4n) is 0.774. The molecule has 0 spiro atoms. The highest BCUT2D eigenvalue weighted by molar-refractivity contribution is 5.84. The molecule has 0 aliphatic rings. The average molecular weight is 168 g/mol. The van der Waals surface area contributed by atoms with E-state index in [4.69, 9.17) is 9.84 Å². The zero-order valence-electron chi connectivity index (χ0n) is 6.74. The minimum Gasteiger partial charge on any atom is -0.480 e. The SMILES string of the molecule is COc1ncc(C(=O)O)nc1C. The van der Waals surface area contributed by atoms with Crippen LogP contribution in [0.25, 0.3) is 0 Å². The van der Waals surface area contributed by atoms with Gasteiger partial charge in [-0.3, -0.25) is 0 Å². The molecule has 0 fully saturated rings. The summed E-state index contributed by atoms with van der Waals surface area (Å²) >= 11 is 0. The Kier molecular flexibility index (Phi) is 2.23. The number of aromatic nitrogens is 2. The van der Waals surface area contributed by atoms with Gasteiger partial charge in [0.15, 0.2) is 5.69 Å². The molecule has 0 saturated heterocycles. The van der Waals surface area contributed by atoms with E-state index < -0.39 is 5.97 Å². The number of carbonyl (C=O) groups is 1. The van der Waals surface area contributed by atoms with Crippen LogP contribution in [0.1, 0.15) is 16.2 Å². The molecular formula is C7H8N2O3. The molecule has 64 valence electrons. The molecule has 1 N–H and O–H groups in total. The number of carboxylic acids is 1. The van der Waals surface area contributed by atoms with Gasteiger partial charge in [0, 0.05) is 0 Å². The van der Waals surface area contributed by atoms with E-state index in [9.17, 15) is 4.79 Å². The molecule has 0 aliphatic heterocycles. The zero-order valence-corrected chi connectivity index (χ0v) is 6.74. The highest BCUT2D eigenvalue weighted by atomic mass is 16.5. The van der Waals surface area contributed by atoms with Crippen molar-refractivity contribution in [2.24, 2.45) is 0 Å². The molecule has 0 amide bonds. The fourth-order valence-corrected chi connectivity index (χ4v) is 0.774. The standard InChI is InChI=1S/C7H8N2O3/c1-4-6(12-2)8-3-5(9-4)7(10)11/h3H,1-2H3,(H,10,11). The summed E-state index contributed by atoms with van der Waals surface area (Å²) in [5.74, 6) is -0.742. The number of methoxy groups -OCH3 is 1. The zero-order chi connectivity index (χ0) is 9.14. The first kappa shape index (κ1) is 8.45. The van der Waals surface area contributed by atoms with Crippen LogP contribution in [0.3, 0.4) is 0 Å². The van der Waals surface area contributed by atoms with E-state index in [0.29, 0.717) is 11.6 Å². The third kappa shape index (κ3) is 1.50. The van der Waals surface area contributed by atoms with E-state index in [2.05, 4.69) is 9.97 Å². The second kappa shape index (κ2) is 3.17. The molecule has 1 rings (SSSR count). The van der Waals surface area contributed by atoms with Crippen LogP contribution < -0.4 is 4.74 Å². The maximum Gasteiger partial charge on any atom is 0.356 e. The smallest absolute Gasteiger partial charge is 0.356 e. The molecule has 1 aromatic rings. The molecule has 0 unspecified atom stereocenters. The number of rotatable bonds is 2. The van der Waals surface area contributed by atoms with Crippen molar-refractivity contribution in [1.82, 2.24) is 9.97 Å². The second-order valence-corrected chi connectivity index (χ2v) is 2.16. The minimum absolute atomic E-state index is 0.0756. The largest absolute Gasteiger partial charge is 0.480 e. The molecule has 0 radical (unpaired) electrons. The maximum absolute atomic E-state index is 10.4. The molecule has 12 heavy (non-hydrogen) atoms. The molecule has 1 heterocycles. The van der Waals surface area contributed by atoms with E-state index >= 15 is 0 Å². The Morgan fingerprint density at radius 1 is 1.67 bits per heavy atom. The summed E-state index contributed by atoms with van der Waals surface area (Å²) in [4.78, 5) is 17.9. The third-order valence-corrected chi connectivity index (χ3v) is 1.31. The van der Waals surface area contributed by atoms with Crippen LogP contribution in [0.2, 0.25) is 0 Å². The van der Waals surface area contributed by atoms with Gasteiger partial charge in [-0.15, -0.1) is 0 Å². The van der Waals surface area contributed by atoms with Crippen molar-refractivity contribution >= 4 is 5.97 Å². The van der Waals surface area contributed by atoms with Crippen molar-refractivity contribution in [3.05, 3.63) is 17.6 Å². The van der Waals surface area contributed by atoms with Gasteiger partial charge < -0.3 is 9.84 Å². The second-order valence-electron chi connectivity index (χ2n) is 2.16. The maximum atomic E-state index is 10.4. The lowest BCUT2D eigenvalue weighted by molar-refractivity contribution is 0.0689. The van der Waals surface area contributed by atoms with Gasteiger partial charge in [0.2, 0.25) is 5.88 Å². The first-order valence-corrected chi connectivity index (χ1v) is 3.26. The highest BCUT2D eigenvalue weighted by Gasteiger charge is 2.08. The van der Waals surface area contributed by atoms with E-state index in [1.807, 2.05) is 0 Å². The Labute approximate surface area is 69.0 Å². The number of ether oxygens (including phenoxy) is 1. The van der Waals surface area contributed by atoms with E-state index in [-0.39, 0.29) is 5.69 Å². The molecule has 0 atom stereocenters. The minimum atomic E-state index is -1.09. The Bertz CT molecular complexity index is 312. The fraction of sp³-hybridized carbons (Fsp3) is 0.286. The van der Waals surface area contributed by atoms with Crippen LogP contribution in [0.5, 0.6) is 5.88 Å². The Morgan fingerprint density at radius 3 is 2.75 bits per heavy atom. The molecule has 5 nitrogen and oxygen atoms in total. The van der Waals surface area contributed by atoms with Gasteiger partial charge in [0.1, 0.15) is 5.69 Å². The molecule has 0 saturated carbocycles. The van der Waals surface area contributed by atoms with Crippen molar-refractivity contribution in [3.8, 4) is 5.88 Å². The molecule has 1 aromatic heterocycles. The summed E-state index contributed by atoms with van der Waals surface area (Å²) in [6, 6.07) is 0. The normalized spacial score (nSPS) is 9.50. The van der Waals surface area contributed by atoms with E-state index in [0.717, 1.165) is 6.20 Å². The quantitative estimate of drug-likeness (QED) is 0.695. The van der Waals surface area contributed by atoms with Crippen LogP contribution in [-0.4, -0.2) is 28.2 Å². The van der Waals surface area contributed by atoms with Crippen LogP contribution in [-0.2, 0) is 0 Å². The molecule has 0 bridgehead atoms. The number of hydrogen-bond acceptors (Lipinski definition) is 4. The Balaban J connectivity index is 3.10. The van der Waals surface area contributed by atoms with Crippen LogP contribution >= 0.6 is 0 Å². The Morgan fingerprint density at radius 2 is 2.33 bits per heavy atom. The van der Waals surface area contributed by atoms with Crippen molar-refractivity contribution in [1.29, 1.82) is 0 Å². The monoisotopic (exact) mass is 168 g/mol. The van der Waals surface area contributed by atoms with Crippen molar-refractivity contribution in [3.63, 3.8) is 0 Å². The van der Waals surface area contributed by atoms with Gasteiger partial charge in [0.25, 0.3) is 0 Å². The molecule has 0 aliphatic carbocycles. The molecule has 5 heteroatoms. The van der Waals surface area contributed by atoms with Gasteiger partial charge in [-0.2, -0.15) is 0 Å². The number of aromatic carboxylic acids is 1. The van der Waals surface area contributed by atoms with Crippen molar-refractivity contribution in [2.45, 2.75) is 6.92 Å². The van der Waals surface area contributed by atoms with Crippen LogP contribution in [0.15, 0.2) is 6.20 Å². The number of aryl methyl sites for hydroxylation is 1. The topological polar surface area (TPSA) is 72.3 Å². The average Bonchev–Trinajstić information content (AvgIpc) is 2.04. The third-order valence-electron chi connectivity index (χ3n) is 1.31. The summed E-state index contributed by atoms with van der Waals surface area (Å²) in [7, 11) is 1.46. The van der Waals surface area contributed by atoms with Gasteiger partial charge >= 0.3 is 5.97 Å². The van der Waals surface area contributed by atoms with Crippen molar-refractivity contribution in [2.75, 3.05) is 7.11 Å².